The first-order valence-corrected chi connectivity index (χ1v) is 5.30. The van der Waals surface area contributed by atoms with E-state index in [1.54, 1.807) is 0 Å². The summed E-state index contributed by atoms with van der Waals surface area (Å²) in [6.07, 6.45) is 2.09. The van der Waals surface area contributed by atoms with Gasteiger partial charge in [0, 0.05) is 24.0 Å². The Kier molecular flexibility index (Phi) is 2.39. The van der Waals surface area contributed by atoms with Crippen LogP contribution < -0.4 is 0 Å². The molecule has 1 aliphatic rings. The number of nitrogens with zero attached hydrogens (tertiary/aromatic N) is 1. The van der Waals surface area contributed by atoms with Crippen LogP contribution in [0.5, 0.6) is 0 Å². The Morgan fingerprint density at radius 2 is 1.93 bits per heavy atom. The maximum absolute atomic E-state index is 4.15. The first kappa shape index (κ1) is 10.0. The van der Waals surface area contributed by atoms with Gasteiger partial charge in [0.05, 0.1) is 0 Å². The van der Waals surface area contributed by atoms with E-state index in [9.17, 15) is 0 Å². The summed E-state index contributed by atoms with van der Waals surface area (Å²) in [7, 11) is 2.04. The standard InChI is InChI=1S/C14H17N/c1-10-5-7-13-8-6-11(2)15(4)12(3)14(13)9-10/h5,7,9H,2-3,6,8H2,1,4H3. The van der Waals surface area contributed by atoms with Crippen molar-refractivity contribution < 1.29 is 0 Å². The minimum absolute atomic E-state index is 1.02. The number of rotatable bonds is 0. The molecule has 0 aliphatic carbocycles. The molecule has 0 radical (unpaired) electrons. The van der Waals surface area contributed by atoms with Crippen molar-refractivity contribution in [2.24, 2.45) is 0 Å². The first-order valence-electron chi connectivity index (χ1n) is 5.30. The van der Waals surface area contributed by atoms with Crippen molar-refractivity contribution in [3.05, 3.63) is 53.7 Å². The zero-order valence-electron chi connectivity index (χ0n) is 9.51. The van der Waals surface area contributed by atoms with Crippen LogP contribution in [0, 0.1) is 6.92 Å². The van der Waals surface area contributed by atoms with Gasteiger partial charge in [-0.25, -0.2) is 0 Å². The number of benzene rings is 1. The van der Waals surface area contributed by atoms with Gasteiger partial charge in [-0.05, 0) is 31.4 Å². The fraction of sp³-hybridized carbons (Fsp3) is 0.286. The molecule has 0 atom stereocenters. The van der Waals surface area contributed by atoms with E-state index in [1.165, 1.54) is 16.7 Å². The van der Waals surface area contributed by atoms with Gasteiger partial charge in [0.25, 0.3) is 0 Å². The molecule has 2 rings (SSSR count). The Hall–Kier alpha value is -1.50. The van der Waals surface area contributed by atoms with Crippen LogP contribution in [0.3, 0.4) is 0 Å². The third-order valence-electron chi connectivity index (χ3n) is 3.14. The highest BCUT2D eigenvalue weighted by Gasteiger charge is 2.16. The van der Waals surface area contributed by atoms with E-state index in [4.69, 9.17) is 0 Å². The van der Waals surface area contributed by atoms with Crippen molar-refractivity contribution in [1.82, 2.24) is 4.90 Å². The van der Waals surface area contributed by atoms with Crippen LogP contribution in [0.1, 0.15) is 23.1 Å². The van der Waals surface area contributed by atoms with Crippen molar-refractivity contribution in [2.75, 3.05) is 7.05 Å². The Bertz CT molecular complexity index is 429. The molecule has 0 unspecified atom stereocenters. The van der Waals surface area contributed by atoms with Gasteiger partial charge in [0.1, 0.15) is 0 Å². The van der Waals surface area contributed by atoms with E-state index < -0.39 is 0 Å². The van der Waals surface area contributed by atoms with Gasteiger partial charge in [-0.3, -0.25) is 0 Å². The second-order valence-electron chi connectivity index (χ2n) is 4.23. The van der Waals surface area contributed by atoms with E-state index in [0.29, 0.717) is 0 Å². The molecule has 0 spiro atoms. The number of hydrogen-bond donors (Lipinski definition) is 0. The molecule has 0 aromatic heterocycles. The predicted octanol–water partition coefficient (Wildman–Crippen LogP) is 3.36. The molecule has 78 valence electrons. The molecule has 1 heterocycles. The lowest BCUT2D eigenvalue weighted by molar-refractivity contribution is 0.576. The van der Waals surface area contributed by atoms with Gasteiger partial charge in [-0.1, -0.05) is 30.9 Å². The molecular formula is C14H17N. The van der Waals surface area contributed by atoms with Gasteiger partial charge < -0.3 is 4.90 Å². The third-order valence-corrected chi connectivity index (χ3v) is 3.14. The molecule has 1 aromatic rings. The van der Waals surface area contributed by atoms with E-state index in [-0.39, 0.29) is 0 Å². The molecule has 1 aromatic carbocycles. The van der Waals surface area contributed by atoms with Crippen LogP contribution >= 0.6 is 0 Å². The largest absolute Gasteiger partial charge is 0.349 e. The molecule has 0 bridgehead atoms. The summed E-state index contributed by atoms with van der Waals surface area (Å²) in [4.78, 5) is 2.10. The Labute approximate surface area is 91.7 Å². The molecule has 1 aliphatic heterocycles. The zero-order valence-corrected chi connectivity index (χ0v) is 9.51. The predicted molar refractivity (Wildman–Crippen MR) is 65.4 cm³/mol. The number of hydrogen-bond acceptors (Lipinski definition) is 1. The van der Waals surface area contributed by atoms with Gasteiger partial charge in [-0.15, -0.1) is 0 Å². The van der Waals surface area contributed by atoms with E-state index in [2.05, 4.69) is 43.2 Å². The minimum Gasteiger partial charge on any atom is -0.349 e. The Morgan fingerprint density at radius 1 is 1.20 bits per heavy atom. The van der Waals surface area contributed by atoms with Crippen molar-refractivity contribution in [3.63, 3.8) is 0 Å². The van der Waals surface area contributed by atoms with Crippen LogP contribution in [0.2, 0.25) is 0 Å². The SMILES string of the molecule is C=C1CCc2ccc(C)cc2C(=C)N1C. The van der Waals surface area contributed by atoms with Gasteiger partial charge in [0.15, 0.2) is 0 Å². The van der Waals surface area contributed by atoms with Crippen LogP contribution in [0.4, 0.5) is 0 Å². The smallest absolute Gasteiger partial charge is 0.0408 e. The summed E-state index contributed by atoms with van der Waals surface area (Å²) in [5, 5.41) is 0. The van der Waals surface area contributed by atoms with Crippen LogP contribution in [0.15, 0.2) is 37.1 Å². The molecule has 0 amide bonds. The molecule has 0 N–H and O–H groups in total. The third kappa shape index (κ3) is 1.70. The molecule has 0 saturated carbocycles. The summed E-state index contributed by atoms with van der Waals surface area (Å²) in [6.45, 7) is 10.3. The molecule has 1 nitrogen and oxygen atoms in total. The van der Waals surface area contributed by atoms with E-state index in [1.807, 2.05) is 7.05 Å². The summed E-state index contributed by atoms with van der Waals surface area (Å²) in [5.74, 6) is 0. The average molecular weight is 199 g/mol. The normalized spacial score (nSPS) is 16.3. The molecule has 0 fully saturated rings. The monoisotopic (exact) mass is 199 g/mol. The molecular weight excluding hydrogens is 182 g/mol. The number of allylic oxidation sites excluding steroid dienone is 1. The Morgan fingerprint density at radius 3 is 2.67 bits per heavy atom. The first-order chi connectivity index (χ1) is 7.09. The highest BCUT2D eigenvalue weighted by molar-refractivity contribution is 5.67. The maximum atomic E-state index is 4.15. The van der Waals surface area contributed by atoms with Gasteiger partial charge in [0.2, 0.25) is 0 Å². The highest BCUT2D eigenvalue weighted by atomic mass is 15.1. The van der Waals surface area contributed by atoms with E-state index >= 15 is 0 Å². The lowest BCUT2D eigenvalue weighted by Crippen LogP contribution is -2.12. The lowest BCUT2D eigenvalue weighted by atomic mass is 10.00. The quantitative estimate of drug-likeness (QED) is 0.619. The zero-order chi connectivity index (χ0) is 11.0. The van der Waals surface area contributed by atoms with Crippen LogP contribution in [0.25, 0.3) is 5.70 Å². The fourth-order valence-corrected chi connectivity index (χ4v) is 2.00. The fourth-order valence-electron chi connectivity index (χ4n) is 2.00. The molecule has 1 heteroatoms. The second kappa shape index (κ2) is 3.58. The van der Waals surface area contributed by atoms with Crippen molar-refractivity contribution in [3.8, 4) is 0 Å². The lowest BCUT2D eigenvalue weighted by Gasteiger charge is -2.21. The van der Waals surface area contributed by atoms with Crippen molar-refractivity contribution >= 4 is 5.70 Å². The number of fused-ring (bicyclic) bond motifs is 1. The topological polar surface area (TPSA) is 3.24 Å². The molecule has 15 heavy (non-hydrogen) atoms. The van der Waals surface area contributed by atoms with Crippen LogP contribution in [-0.2, 0) is 6.42 Å². The summed E-state index contributed by atoms with van der Waals surface area (Å²) in [5.41, 5.74) is 6.16. The van der Waals surface area contributed by atoms with Crippen LogP contribution in [-0.4, -0.2) is 11.9 Å². The summed E-state index contributed by atoms with van der Waals surface area (Å²) >= 11 is 0. The maximum Gasteiger partial charge on any atom is 0.0408 e. The minimum atomic E-state index is 1.02. The van der Waals surface area contributed by atoms with Gasteiger partial charge in [-0.2, -0.15) is 0 Å². The summed E-state index contributed by atoms with van der Waals surface area (Å²) in [6, 6.07) is 6.59. The number of aryl methyl sites for hydroxylation is 2. The van der Waals surface area contributed by atoms with E-state index in [0.717, 1.165) is 24.2 Å². The average Bonchev–Trinajstić information content (AvgIpc) is 2.32. The Balaban J connectivity index is 2.53. The summed E-state index contributed by atoms with van der Waals surface area (Å²) < 4.78 is 0. The van der Waals surface area contributed by atoms with Crippen molar-refractivity contribution in [1.29, 1.82) is 0 Å². The van der Waals surface area contributed by atoms with Gasteiger partial charge >= 0.3 is 0 Å². The van der Waals surface area contributed by atoms with Crippen molar-refractivity contribution in [2.45, 2.75) is 19.8 Å². The highest BCUT2D eigenvalue weighted by Crippen LogP contribution is 2.30. The second-order valence-corrected chi connectivity index (χ2v) is 4.23. The molecule has 0 saturated heterocycles.